The van der Waals surface area contributed by atoms with Gasteiger partial charge in [-0.05, 0) is 264 Å². The van der Waals surface area contributed by atoms with Gasteiger partial charge in [0.2, 0.25) is 0 Å². The maximum atomic E-state index is 8.81. The zero-order chi connectivity index (χ0) is 61.2. The molecule has 0 amide bonds. The van der Waals surface area contributed by atoms with Crippen LogP contribution in [0.5, 0.6) is 0 Å². The second kappa shape index (κ2) is 25.1. The van der Waals surface area contributed by atoms with Gasteiger partial charge in [0.25, 0.3) is 0 Å². The van der Waals surface area contributed by atoms with Crippen LogP contribution in [0.3, 0.4) is 0 Å². The molecule has 19 nitrogen and oxygen atoms in total. The summed E-state index contributed by atoms with van der Waals surface area (Å²) in [6.45, 7) is -0.0627. The SMILES string of the molecule is C1O[Si]2(CCC3CCC4OC4C3)O[Si]3(CCC4CCC5OC5C4)O[Si](CCC4CCC5OC5C4)(O1)O[Si]1(CCC4CCC5OC5C4)O[Si](CCC4CCC5OC5C4)(O[SiH2]CCC4CCC5OC5C4)O[Si](CCC4CCC5CC5C4)(O2)O[Si](CCC2CCC4OC4C2)(O3)O1. The van der Waals surface area contributed by atoms with E-state index in [-0.39, 0.29) is 6.79 Å². The van der Waals surface area contributed by atoms with Crippen LogP contribution in [0.25, 0.3) is 0 Å². The molecule has 0 spiro atoms. The van der Waals surface area contributed by atoms with Gasteiger partial charge in [0.15, 0.2) is 9.76 Å². The Labute approximate surface area is 562 Å². The van der Waals surface area contributed by atoms with Crippen LogP contribution in [0.15, 0.2) is 0 Å². The number of ether oxygens (including phenoxy) is 7. The van der Waals surface area contributed by atoms with Crippen molar-refractivity contribution in [3.63, 3.8) is 0 Å². The van der Waals surface area contributed by atoms with Gasteiger partial charge in [0.1, 0.15) is 6.79 Å². The van der Waals surface area contributed by atoms with Gasteiger partial charge in [-0.2, -0.15) is 0 Å². The maximum absolute atomic E-state index is 8.81. The van der Waals surface area contributed by atoms with Crippen molar-refractivity contribution < 1.29 is 83.2 Å². The standard InChI is InChI=1S/C66H110O19Si8/c1-9-51-41-52(51)33-44(1)21-29-91-79-87(26-18-45-3-11-54-61(35-45)70-54)67-42-68-88(27-19-46-4-12-55-62(36-46)71-55)78-90(77-87,30-22-48-6-14-57-64(38-48)73-57)83-93(84-91,32-24-50-8-16-59-66(40-50)75-59)85-92(80-88,31-23-49-7-15-58-65(39-49)74-58)82-89(81-91,28-20-47-5-13-56-63(37-47)72-56)76-86-25-17-43-2-10-53-60(34-43)69-53/h43-66H,1-42,86H2. The third-order valence-corrected chi connectivity index (χ3v) is 61.0. The van der Waals surface area contributed by atoms with E-state index >= 15 is 0 Å². The van der Waals surface area contributed by atoms with E-state index in [0.29, 0.717) is 175 Å². The molecule has 11 aliphatic heterocycles. The first-order chi connectivity index (χ1) is 45.4. The predicted octanol–water partition coefficient (Wildman–Crippen LogP) is 11.8. The molecule has 20 rings (SSSR count). The van der Waals surface area contributed by atoms with Crippen LogP contribution in [0.2, 0.25) is 48.4 Å². The Kier molecular flexibility index (Phi) is 17.2. The Balaban J connectivity index is 0.743. The van der Waals surface area contributed by atoms with E-state index in [9.17, 15) is 0 Å². The van der Waals surface area contributed by atoms with Crippen molar-refractivity contribution in [2.75, 3.05) is 6.79 Å². The summed E-state index contributed by atoms with van der Waals surface area (Å²) in [6.07, 6.45) is 41.0. The molecule has 6 bridgehead atoms. The quantitative estimate of drug-likeness (QED) is 0.0449. The summed E-state index contributed by atoms with van der Waals surface area (Å²) >= 11 is 0. The number of fused-ring (bicyclic) bond motifs is 12. The summed E-state index contributed by atoms with van der Waals surface area (Å²) in [5.74, 6) is 5.49. The largest absolute Gasteiger partial charge is 0.487 e. The van der Waals surface area contributed by atoms with Crippen molar-refractivity contribution in [1.29, 1.82) is 0 Å². The maximum Gasteiger partial charge on any atom is 0.487 e. The number of epoxide rings is 7. The molecule has 31 atom stereocenters. The summed E-state index contributed by atoms with van der Waals surface area (Å²) in [4.78, 5) is 0. The molecule has 20 aliphatic rings. The lowest BCUT2D eigenvalue weighted by Gasteiger charge is -2.59. The fourth-order valence-corrected chi connectivity index (χ4v) is 66.1. The van der Waals surface area contributed by atoms with E-state index in [2.05, 4.69) is 0 Å². The van der Waals surface area contributed by atoms with Crippen LogP contribution in [-0.4, -0.2) is 164 Å². The number of rotatable bonds is 26. The van der Waals surface area contributed by atoms with E-state index in [0.717, 1.165) is 185 Å². The van der Waals surface area contributed by atoms with E-state index < -0.39 is 71.4 Å². The van der Waals surface area contributed by atoms with E-state index in [1.165, 1.54) is 44.9 Å². The molecule has 93 heavy (non-hydrogen) atoms. The molecular weight excluding hydrogens is 1320 g/mol. The molecule has 11 saturated heterocycles. The molecular formula is C66H110O19Si8. The molecule has 0 radical (unpaired) electrons. The molecule has 11 heterocycles. The van der Waals surface area contributed by atoms with E-state index in [1.54, 1.807) is 0 Å². The summed E-state index contributed by atoms with van der Waals surface area (Å²) in [5.41, 5.74) is 0. The third-order valence-electron chi connectivity index (χ3n) is 27.9. The molecule has 20 fully saturated rings. The van der Waals surface area contributed by atoms with Gasteiger partial charge in [0.05, 0.1) is 85.5 Å². The summed E-state index contributed by atoms with van der Waals surface area (Å²) < 4.78 is 146. The first-order valence-electron chi connectivity index (χ1n) is 39.2. The molecule has 0 N–H and O–H groups in total. The number of hydrogen-bond acceptors (Lipinski definition) is 19. The van der Waals surface area contributed by atoms with Gasteiger partial charge < -0.3 is 83.2 Å². The Morgan fingerprint density at radius 2 is 0.527 bits per heavy atom. The number of hydrogen-bond donors (Lipinski definition) is 0. The molecule has 520 valence electrons. The lowest BCUT2D eigenvalue weighted by atomic mass is 9.87. The van der Waals surface area contributed by atoms with Crippen LogP contribution >= 0.6 is 0 Å². The van der Waals surface area contributed by atoms with Gasteiger partial charge in [-0.25, -0.2) is 0 Å². The average Bonchev–Trinajstić information content (AvgIpc) is 1.25. The van der Waals surface area contributed by atoms with Crippen molar-refractivity contribution in [2.45, 2.75) is 346 Å². The summed E-state index contributed by atoms with van der Waals surface area (Å²) in [5, 5.41) is 0. The summed E-state index contributed by atoms with van der Waals surface area (Å²) in [6, 6.07) is 5.20. The van der Waals surface area contributed by atoms with E-state index in [1.807, 2.05) is 0 Å². The lowest BCUT2D eigenvalue weighted by Crippen LogP contribution is -2.83. The minimum absolute atomic E-state index is 0.0627. The minimum atomic E-state index is -4.23. The third kappa shape index (κ3) is 14.2. The van der Waals surface area contributed by atoms with Crippen LogP contribution < -0.4 is 0 Å². The van der Waals surface area contributed by atoms with Crippen molar-refractivity contribution in [2.24, 2.45) is 59.2 Å². The Bertz CT molecular complexity index is 2620. The fraction of sp³-hybridized carbons (Fsp3) is 1.00. The molecule has 9 aliphatic carbocycles. The normalized spacial score (nSPS) is 56.1. The van der Waals surface area contributed by atoms with Gasteiger partial charge in [0, 0.05) is 42.3 Å². The molecule has 0 aromatic heterocycles. The zero-order valence-electron chi connectivity index (χ0n) is 55.5. The first-order valence-corrected chi connectivity index (χ1v) is 54.3. The monoisotopic (exact) mass is 1430 g/mol. The molecule has 9 saturated carbocycles. The Hall–Kier alpha value is 0.975. The highest BCUT2D eigenvalue weighted by Crippen LogP contribution is 2.58. The molecule has 0 aromatic rings. The summed E-state index contributed by atoms with van der Waals surface area (Å²) in [7, 11) is -30.2. The highest BCUT2D eigenvalue weighted by molar-refractivity contribution is 6.99. The van der Waals surface area contributed by atoms with E-state index in [4.69, 9.17) is 83.2 Å². The Morgan fingerprint density at radius 3 is 0.860 bits per heavy atom. The highest BCUT2D eigenvalue weighted by Gasteiger charge is 2.79. The highest BCUT2D eigenvalue weighted by atomic mass is 28.6. The van der Waals surface area contributed by atoms with Crippen molar-refractivity contribution in [3.8, 4) is 0 Å². The predicted molar refractivity (Wildman–Crippen MR) is 353 cm³/mol. The van der Waals surface area contributed by atoms with Crippen LogP contribution in [0, 0.1) is 59.2 Å². The lowest BCUT2D eigenvalue weighted by molar-refractivity contribution is -0.0584. The zero-order valence-corrected chi connectivity index (χ0v) is 63.9. The van der Waals surface area contributed by atoms with Crippen LogP contribution in [0.1, 0.15) is 212 Å². The first kappa shape index (κ1) is 63.6. The average molecular weight is 1430 g/mol. The Morgan fingerprint density at radius 1 is 0.247 bits per heavy atom. The van der Waals surface area contributed by atoms with Crippen molar-refractivity contribution in [1.82, 2.24) is 0 Å². The van der Waals surface area contributed by atoms with Gasteiger partial charge in [-0.1, -0.05) is 12.8 Å². The van der Waals surface area contributed by atoms with Crippen molar-refractivity contribution >= 4 is 71.4 Å². The smallest absolute Gasteiger partial charge is 0.422 e. The molecule has 31 unspecified atom stereocenters. The van der Waals surface area contributed by atoms with Crippen LogP contribution in [0.4, 0.5) is 0 Å². The second-order valence-electron chi connectivity index (χ2n) is 34.5. The van der Waals surface area contributed by atoms with Gasteiger partial charge in [-0.15, -0.1) is 0 Å². The second-order valence-corrected chi connectivity index (χ2v) is 57.8. The van der Waals surface area contributed by atoms with Gasteiger partial charge in [-0.3, -0.25) is 0 Å². The van der Waals surface area contributed by atoms with Crippen molar-refractivity contribution in [3.05, 3.63) is 0 Å². The molecule has 0 aromatic carbocycles. The topological polar surface area (TPSA) is 198 Å². The van der Waals surface area contributed by atoms with Gasteiger partial charge >= 0.3 is 61.6 Å². The van der Waals surface area contributed by atoms with Crippen LogP contribution in [-0.2, 0) is 83.2 Å². The molecule has 27 heteroatoms. The minimum Gasteiger partial charge on any atom is -0.422 e. The fourth-order valence-electron chi connectivity index (χ4n) is 21.7.